The van der Waals surface area contributed by atoms with E-state index in [1.165, 1.54) is 68.7 Å². The Morgan fingerprint density at radius 2 is 1.53 bits per heavy atom. The highest BCUT2D eigenvalue weighted by molar-refractivity contribution is 7.92. The Bertz CT molecular complexity index is 2080. The maximum atomic E-state index is 13.3. The maximum absolute atomic E-state index is 13.3. The SMILES string of the molecule is CNC(=O)c1c(-c2ccc(Oc3ccc(F)cc3)cc2)oc2cc(N(C)S(C)(=O)=O)c(-c3cccc(C(=O)NCC(F)(F)F)c3)cc12. The van der Waals surface area contributed by atoms with E-state index in [1.54, 1.807) is 30.3 Å². The lowest BCUT2D eigenvalue weighted by Gasteiger charge is -2.21. The summed E-state index contributed by atoms with van der Waals surface area (Å²) < 4.78 is 89.7. The summed E-state index contributed by atoms with van der Waals surface area (Å²) >= 11 is 0. The van der Waals surface area contributed by atoms with Gasteiger partial charge in [-0.1, -0.05) is 12.1 Å². The normalized spacial score (nSPS) is 11.7. The van der Waals surface area contributed by atoms with Crippen molar-refractivity contribution in [2.45, 2.75) is 6.18 Å². The molecule has 0 aliphatic heterocycles. The highest BCUT2D eigenvalue weighted by Gasteiger charge is 2.29. The third kappa shape index (κ3) is 7.38. The number of benzene rings is 4. The van der Waals surface area contributed by atoms with Crippen LogP contribution in [0.3, 0.4) is 0 Å². The Kier molecular flexibility index (Phi) is 8.98. The van der Waals surface area contributed by atoms with E-state index in [0.717, 1.165) is 10.6 Å². The molecule has 244 valence electrons. The molecule has 5 aromatic rings. The Morgan fingerprint density at radius 3 is 2.13 bits per heavy atom. The molecular weight excluding hydrogens is 642 g/mol. The topological polar surface area (TPSA) is 118 Å². The molecule has 0 unspecified atom stereocenters. The minimum Gasteiger partial charge on any atom is -0.457 e. The van der Waals surface area contributed by atoms with Crippen molar-refractivity contribution in [1.82, 2.24) is 10.6 Å². The van der Waals surface area contributed by atoms with Crippen molar-refractivity contribution in [3.05, 3.63) is 102 Å². The summed E-state index contributed by atoms with van der Waals surface area (Å²) in [5, 5.41) is 4.71. The summed E-state index contributed by atoms with van der Waals surface area (Å²) in [5.41, 5.74) is 1.36. The van der Waals surface area contributed by atoms with Crippen LogP contribution in [0.25, 0.3) is 33.4 Å². The van der Waals surface area contributed by atoms with Gasteiger partial charge in [0.15, 0.2) is 0 Å². The number of carbonyl (C=O) groups excluding carboxylic acids is 2. The number of halogens is 4. The van der Waals surface area contributed by atoms with Gasteiger partial charge in [0.05, 0.1) is 17.5 Å². The second kappa shape index (κ2) is 12.8. The average molecular weight is 670 g/mol. The van der Waals surface area contributed by atoms with Gasteiger partial charge in [0, 0.05) is 42.2 Å². The number of amides is 2. The smallest absolute Gasteiger partial charge is 0.405 e. The molecule has 0 spiro atoms. The highest BCUT2D eigenvalue weighted by Crippen LogP contribution is 2.42. The van der Waals surface area contributed by atoms with Gasteiger partial charge in [0.1, 0.15) is 35.2 Å². The fourth-order valence-corrected chi connectivity index (χ4v) is 5.29. The molecule has 2 N–H and O–H groups in total. The van der Waals surface area contributed by atoms with E-state index in [4.69, 9.17) is 9.15 Å². The molecule has 0 fully saturated rings. The third-order valence-electron chi connectivity index (χ3n) is 7.15. The molecule has 0 saturated heterocycles. The standard InChI is InChI=1S/C33H27F4N3O6S/c1-38-32(42)29-26-16-25(20-5-4-6-21(15-20)31(41)39-18-33(35,36)37)27(40(2)47(3,43)44)17-28(26)46-30(29)19-7-11-23(12-8-19)45-24-13-9-22(34)10-14-24/h4-17H,18H2,1-3H3,(H,38,42)(H,39,41). The quantitative estimate of drug-likeness (QED) is 0.168. The lowest BCUT2D eigenvalue weighted by atomic mass is 9.97. The largest absolute Gasteiger partial charge is 0.457 e. The van der Waals surface area contributed by atoms with E-state index in [-0.39, 0.29) is 33.7 Å². The van der Waals surface area contributed by atoms with Crippen LogP contribution in [0.4, 0.5) is 23.2 Å². The Labute approximate surface area is 266 Å². The van der Waals surface area contributed by atoms with E-state index in [1.807, 2.05) is 5.32 Å². The lowest BCUT2D eigenvalue weighted by molar-refractivity contribution is -0.123. The van der Waals surface area contributed by atoms with Crippen molar-refractivity contribution in [1.29, 1.82) is 0 Å². The fraction of sp³-hybridized carbons (Fsp3) is 0.152. The molecule has 0 aliphatic carbocycles. The molecule has 0 aliphatic rings. The van der Waals surface area contributed by atoms with Crippen LogP contribution in [-0.4, -0.2) is 53.3 Å². The van der Waals surface area contributed by atoms with Gasteiger partial charge < -0.3 is 19.8 Å². The number of sulfonamides is 1. The summed E-state index contributed by atoms with van der Waals surface area (Å²) in [5.74, 6) is -0.902. The average Bonchev–Trinajstić information content (AvgIpc) is 3.41. The van der Waals surface area contributed by atoms with E-state index < -0.39 is 40.4 Å². The fourth-order valence-electron chi connectivity index (χ4n) is 4.78. The predicted molar refractivity (Wildman–Crippen MR) is 169 cm³/mol. The van der Waals surface area contributed by atoms with Crippen LogP contribution in [0.1, 0.15) is 20.7 Å². The molecule has 0 bridgehead atoms. The van der Waals surface area contributed by atoms with E-state index in [2.05, 4.69) is 5.32 Å². The zero-order valence-corrected chi connectivity index (χ0v) is 25.9. The molecule has 4 aromatic carbocycles. The molecule has 1 aromatic heterocycles. The van der Waals surface area contributed by atoms with Crippen LogP contribution in [0, 0.1) is 5.82 Å². The van der Waals surface area contributed by atoms with Gasteiger partial charge >= 0.3 is 6.18 Å². The maximum Gasteiger partial charge on any atom is 0.405 e. The van der Waals surface area contributed by atoms with Crippen molar-refractivity contribution in [3.63, 3.8) is 0 Å². The van der Waals surface area contributed by atoms with Gasteiger partial charge in [-0.3, -0.25) is 13.9 Å². The van der Waals surface area contributed by atoms with Gasteiger partial charge in [0.25, 0.3) is 11.8 Å². The van der Waals surface area contributed by atoms with E-state index >= 15 is 0 Å². The van der Waals surface area contributed by atoms with Crippen LogP contribution < -0.4 is 19.7 Å². The molecular formula is C33H27F4N3O6S. The number of rotatable bonds is 9. The number of nitrogens with zero attached hydrogens (tertiary/aromatic N) is 1. The first kappa shape index (κ1) is 33.0. The third-order valence-corrected chi connectivity index (χ3v) is 8.34. The van der Waals surface area contributed by atoms with Gasteiger partial charge in [-0.25, -0.2) is 12.8 Å². The van der Waals surface area contributed by atoms with Crippen LogP contribution in [0.15, 0.2) is 89.3 Å². The minimum absolute atomic E-state index is 0.0952. The predicted octanol–water partition coefficient (Wildman–Crippen LogP) is 6.75. The van der Waals surface area contributed by atoms with Gasteiger partial charge in [-0.05, 0) is 72.3 Å². The second-order valence-corrected chi connectivity index (χ2v) is 12.5. The molecule has 5 rings (SSSR count). The zero-order chi connectivity index (χ0) is 34.1. The van der Waals surface area contributed by atoms with Crippen molar-refractivity contribution in [2.24, 2.45) is 0 Å². The summed E-state index contributed by atoms with van der Waals surface area (Å²) in [6.07, 6.45) is -3.63. The molecule has 1 heterocycles. The lowest BCUT2D eigenvalue weighted by Crippen LogP contribution is -2.33. The number of fused-ring (bicyclic) bond motifs is 1. The first-order valence-electron chi connectivity index (χ1n) is 13.9. The molecule has 14 heteroatoms. The van der Waals surface area contributed by atoms with Crippen molar-refractivity contribution in [3.8, 4) is 33.9 Å². The molecule has 2 amide bonds. The number of nitrogens with one attached hydrogen (secondary N) is 2. The monoisotopic (exact) mass is 669 g/mol. The van der Waals surface area contributed by atoms with Crippen LogP contribution in [-0.2, 0) is 10.0 Å². The Hall–Kier alpha value is -5.37. The van der Waals surface area contributed by atoms with Crippen LogP contribution in [0.2, 0.25) is 0 Å². The van der Waals surface area contributed by atoms with Gasteiger partial charge in [0.2, 0.25) is 10.0 Å². The highest BCUT2D eigenvalue weighted by atomic mass is 32.2. The number of furan rings is 1. The number of anilines is 1. The summed E-state index contributed by atoms with van der Waals surface area (Å²) in [7, 11) is -1.10. The van der Waals surface area contributed by atoms with Crippen molar-refractivity contribution >= 4 is 38.5 Å². The molecule has 9 nitrogen and oxygen atoms in total. The number of hydrogen-bond donors (Lipinski definition) is 2. The zero-order valence-electron chi connectivity index (χ0n) is 25.1. The number of carbonyl (C=O) groups is 2. The Morgan fingerprint density at radius 1 is 0.894 bits per heavy atom. The van der Waals surface area contributed by atoms with Gasteiger partial charge in [-0.15, -0.1) is 0 Å². The van der Waals surface area contributed by atoms with Crippen molar-refractivity contribution in [2.75, 3.05) is 31.2 Å². The first-order chi connectivity index (χ1) is 22.1. The first-order valence-corrected chi connectivity index (χ1v) is 15.7. The minimum atomic E-state index is -4.62. The van der Waals surface area contributed by atoms with Crippen molar-refractivity contribution < 1.29 is 44.7 Å². The van der Waals surface area contributed by atoms with Crippen LogP contribution in [0.5, 0.6) is 11.5 Å². The summed E-state index contributed by atoms with van der Waals surface area (Å²) in [4.78, 5) is 25.8. The van der Waals surface area contributed by atoms with E-state index in [0.29, 0.717) is 28.0 Å². The molecule has 0 radical (unpaired) electrons. The number of hydrogen-bond acceptors (Lipinski definition) is 6. The molecule has 0 atom stereocenters. The number of alkyl halides is 3. The summed E-state index contributed by atoms with van der Waals surface area (Å²) in [6.45, 7) is -1.53. The molecule has 0 saturated carbocycles. The number of ether oxygens (including phenoxy) is 1. The summed E-state index contributed by atoms with van der Waals surface area (Å²) in [6, 6.07) is 20.6. The second-order valence-electron chi connectivity index (χ2n) is 10.4. The van der Waals surface area contributed by atoms with Crippen LogP contribution >= 0.6 is 0 Å². The van der Waals surface area contributed by atoms with Gasteiger partial charge in [-0.2, -0.15) is 13.2 Å². The molecule has 47 heavy (non-hydrogen) atoms. The van der Waals surface area contributed by atoms with E-state index in [9.17, 15) is 35.6 Å². The Balaban J connectivity index is 1.63.